The molecule has 0 aliphatic rings. The Morgan fingerprint density at radius 3 is 2.57 bits per heavy atom. The predicted octanol–water partition coefficient (Wildman–Crippen LogP) is 1.89. The van der Waals surface area contributed by atoms with Gasteiger partial charge in [0.05, 0.1) is 0 Å². The molecule has 1 aromatic carbocycles. The number of allylic oxidation sites excluding steroid dienone is 2. The van der Waals surface area contributed by atoms with E-state index in [9.17, 15) is 0 Å². The van der Waals surface area contributed by atoms with Crippen molar-refractivity contribution in [2.45, 2.75) is 6.42 Å². The van der Waals surface area contributed by atoms with Crippen LogP contribution in [0.15, 0.2) is 48.2 Å². The number of hydrogen-bond donors (Lipinski definition) is 2. The lowest BCUT2D eigenvalue weighted by atomic mass is 10.2. The van der Waals surface area contributed by atoms with E-state index < -0.39 is 0 Å². The summed E-state index contributed by atoms with van der Waals surface area (Å²) in [6, 6.07) is 10.1. The molecule has 2 heteroatoms. The molecule has 1 aromatic rings. The first-order valence-electron chi connectivity index (χ1n) is 4.71. The molecule has 0 aliphatic carbocycles. The number of benzene rings is 1. The predicted molar refractivity (Wildman–Crippen MR) is 61.4 cm³/mol. The zero-order chi connectivity index (χ0) is 10.2. The van der Waals surface area contributed by atoms with E-state index in [0.29, 0.717) is 6.54 Å². The number of nitrogens with two attached hydrogens (primary N) is 2. The van der Waals surface area contributed by atoms with Crippen LogP contribution in [0.2, 0.25) is 0 Å². The molecule has 0 spiro atoms. The summed E-state index contributed by atoms with van der Waals surface area (Å²) < 4.78 is 0. The Bertz CT molecular complexity index is 312. The highest BCUT2D eigenvalue weighted by Gasteiger charge is 1.84. The van der Waals surface area contributed by atoms with Crippen LogP contribution in [-0.4, -0.2) is 6.54 Å². The second-order valence-electron chi connectivity index (χ2n) is 3.05. The minimum absolute atomic E-state index is 0.599. The van der Waals surface area contributed by atoms with E-state index in [1.807, 2.05) is 48.6 Å². The van der Waals surface area contributed by atoms with Gasteiger partial charge in [-0.15, -0.1) is 0 Å². The molecular formula is C12H16N2. The van der Waals surface area contributed by atoms with Crippen molar-refractivity contribution >= 4 is 6.08 Å². The summed E-state index contributed by atoms with van der Waals surface area (Å²) in [7, 11) is 0. The molecule has 0 fully saturated rings. The zero-order valence-corrected chi connectivity index (χ0v) is 8.19. The highest BCUT2D eigenvalue weighted by atomic mass is 14.6. The molecule has 0 unspecified atom stereocenters. The Morgan fingerprint density at radius 1 is 1.21 bits per heavy atom. The van der Waals surface area contributed by atoms with Crippen LogP contribution in [0.1, 0.15) is 12.0 Å². The molecule has 2 nitrogen and oxygen atoms in total. The van der Waals surface area contributed by atoms with Gasteiger partial charge in [-0.1, -0.05) is 42.5 Å². The third-order valence-electron chi connectivity index (χ3n) is 1.83. The van der Waals surface area contributed by atoms with Crippen molar-refractivity contribution in [3.63, 3.8) is 0 Å². The molecule has 0 saturated carbocycles. The van der Waals surface area contributed by atoms with Gasteiger partial charge in [0.2, 0.25) is 0 Å². The lowest BCUT2D eigenvalue weighted by molar-refractivity contribution is 0.936. The summed E-state index contributed by atoms with van der Waals surface area (Å²) in [5.41, 5.74) is 13.0. The molecule has 14 heavy (non-hydrogen) atoms. The van der Waals surface area contributed by atoms with E-state index in [1.165, 1.54) is 5.56 Å². The first-order valence-corrected chi connectivity index (χ1v) is 4.71. The van der Waals surface area contributed by atoms with E-state index in [0.717, 1.165) is 12.1 Å². The molecule has 4 N–H and O–H groups in total. The van der Waals surface area contributed by atoms with Gasteiger partial charge in [-0.2, -0.15) is 0 Å². The van der Waals surface area contributed by atoms with Crippen molar-refractivity contribution in [3.05, 3.63) is 53.7 Å². The monoisotopic (exact) mass is 188 g/mol. The number of rotatable bonds is 4. The Balaban J connectivity index is 2.53. The van der Waals surface area contributed by atoms with Gasteiger partial charge in [-0.3, -0.25) is 0 Å². The minimum Gasteiger partial charge on any atom is -0.402 e. The third-order valence-corrected chi connectivity index (χ3v) is 1.83. The van der Waals surface area contributed by atoms with Crippen molar-refractivity contribution in [3.8, 4) is 0 Å². The van der Waals surface area contributed by atoms with Crippen LogP contribution >= 0.6 is 0 Å². The highest BCUT2D eigenvalue weighted by molar-refractivity contribution is 5.50. The van der Waals surface area contributed by atoms with Gasteiger partial charge in [0.25, 0.3) is 0 Å². The van der Waals surface area contributed by atoms with Crippen LogP contribution in [0.4, 0.5) is 0 Å². The van der Waals surface area contributed by atoms with Crippen molar-refractivity contribution in [1.82, 2.24) is 0 Å². The fourth-order valence-electron chi connectivity index (χ4n) is 1.10. The van der Waals surface area contributed by atoms with Crippen LogP contribution < -0.4 is 11.5 Å². The van der Waals surface area contributed by atoms with Crippen molar-refractivity contribution in [2.24, 2.45) is 11.5 Å². The number of hydrogen-bond acceptors (Lipinski definition) is 2. The minimum atomic E-state index is 0.599. The van der Waals surface area contributed by atoms with Crippen molar-refractivity contribution < 1.29 is 0 Å². The SMILES string of the molecule is NCCC(N)=CC=Cc1ccccc1. The van der Waals surface area contributed by atoms with Gasteiger partial charge in [-0.05, 0) is 24.6 Å². The van der Waals surface area contributed by atoms with Gasteiger partial charge in [0.15, 0.2) is 0 Å². The van der Waals surface area contributed by atoms with Crippen LogP contribution in [0.5, 0.6) is 0 Å². The molecule has 0 bridgehead atoms. The average Bonchev–Trinajstić information content (AvgIpc) is 2.20. The topological polar surface area (TPSA) is 52.0 Å². The molecule has 0 saturated heterocycles. The highest BCUT2D eigenvalue weighted by Crippen LogP contribution is 2.01. The Kier molecular flexibility index (Phi) is 4.51. The quantitative estimate of drug-likeness (QED) is 0.709. The van der Waals surface area contributed by atoms with E-state index in [2.05, 4.69) is 0 Å². The molecule has 0 aliphatic heterocycles. The standard InChI is InChI=1S/C12H16N2/c13-10-9-12(14)8-4-7-11-5-2-1-3-6-11/h1-8H,9-10,13-14H2. The summed E-state index contributed by atoms with van der Waals surface area (Å²) in [6.45, 7) is 0.599. The maximum atomic E-state index is 5.68. The zero-order valence-electron chi connectivity index (χ0n) is 8.19. The first-order chi connectivity index (χ1) is 6.83. The smallest absolute Gasteiger partial charge is 0.00931 e. The lowest BCUT2D eigenvalue weighted by Crippen LogP contribution is -2.05. The molecular weight excluding hydrogens is 172 g/mol. The van der Waals surface area contributed by atoms with E-state index in [1.54, 1.807) is 0 Å². The lowest BCUT2D eigenvalue weighted by Gasteiger charge is -1.94. The molecule has 0 amide bonds. The Morgan fingerprint density at radius 2 is 1.93 bits per heavy atom. The Labute approximate surface area is 84.9 Å². The van der Waals surface area contributed by atoms with Gasteiger partial charge in [0.1, 0.15) is 0 Å². The van der Waals surface area contributed by atoms with Gasteiger partial charge in [0, 0.05) is 5.70 Å². The van der Waals surface area contributed by atoms with Crippen LogP contribution in [0.25, 0.3) is 6.08 Å². The summed E-state index contributed by atoms with van der Waals surface area (Å²) >= 11 is 0. The summed E-state index contributed by atoms with van der Waals surface area (Å²) in [4.78, 5) is 0. The average molecular weight is 188 g/mol. The second kappa shape index (κ2) is 6.00. The Hall–Kier alpha value is -1.54. The molecule has 0 radical (unpaired) electrons. The van der Waals surface area contributed by atoms with Gasteiger partial charge in [-0.25, -0.2) is 0 Å². The molecule has 0 heterocycles. The van der Waals surface area contributed by atoms with E-state index >= 15 is 0 Å². The largest absolute Gasteiger partial charge is 0.402 e. The van der Waals surface area contributed by atoms with Crippen LogP contribution in [0, 0.1) is 0 Å². The van der Waals surface area contributed by atoms with Crippen LogP contribution in [0.3, 0.4) is 0 Å². The second-order valence-corrected chi connectivity index (χ2v) is 3.05. The summed E-state index contributed by atoms with van der Waals surface area (Å²) in [5, 5.41) is 0. The molecule has 0 atom stereocenters. The van der Waals surface area contributed by atoms with E-state index in [4.69, 9.17) is 11.5 Å². The van der Waals surface area contributed by atoms with Crippen molar-refractivity contribution in [2.75, 3.05) is 6.54 Å². The van der Waals surface area contributed by atoms with Gasteiger partial charge >= 0.3 is 0 Å². The fraction of sp³-hybridized carbons (Fsp3) is 0.167. The first kappa shape index (κ1) is 10.5. The molecule has 0 aromatic heterocycles. The fourth-order valence-corrected chi connectivity index (χ4v) is 1.10. The molecule has 1 rings (SSSR count). The summed E-state index contributed by atoms with van der Waals surface area (Å²) in [6.07, 6.45) is 6.60. The van der Waals surface area contributed by atoms with E-state index in [-0.39, 0.29) is 0 Å². The molecule has 74 valence electrons. The third kappa shape index (κ3) is 3.92. The maximum absolute atomic E-state index is 5.68. The van der Waals surface area contributed by atoms with Gasteiger partial charge < -0.3 is 11.5 Å². The van der Waals surface area contributed by atoms with Crippen molar-refractivity contribution in [1.29, 1.82) is 0 Å². The maximum Gasteiger partial charge on any atom is 0.00931 e. The summed E-state index contributed by atoms with van der Waals surface area (Å²) in [5.74, 6) is 0. The normalized spacial score (nSPS) is 12.2. The van der Waals surface area contributed by atoms with Crippen LogP contribution in [-0.2, 0) is 0 Å².